The molecular formula is C40H58O9S. The minimum absolute atomic E-state index is 0.131. The van der Waals surface area contributed by atoms with Crippen LogP contribution in [0.1, 0.15) is 103 Å². The average Bonchev–Trinajstić information content (AvgIpc) is 3.41. The number of benzene rings is 1. The predicted octanol–water partition coefficient (Wildman–Crippen LogP) is 7.81. The van der Waals surface area contributed by atoms with E-state index < -0.39 is 16.2 Å². The number of methoxy groups -OCH3 is 1. The standard InChI is InChI=1S/C40H58O9S/c1-6-7-26-40(3,4)36(48-39-19-13-15-28-46-39)25-24-33-32(16-10-8-9-11-17-37(41)44-5)35(29-34(33)47-38-18-12-14-27-45-38)49-50(42,43)31-22-20-30(2)21-23-31/h8,10,20-25,32-36,38-39H,9,11-19,26-29H2,1-5H3/t32-,33-,34-,35-,36-,38?,39?/m1/s1. The molecule has 1 aromatic rings. The highest BCUT2D eigenvalue weighted by Gasteiger charge is 2.46. The molecule has 0 amide bonds. The van der Waals surface area contributed by atoms with E-state index in [1.54, 1.807) is 24.3 Å². The van der Waals surface area contributed by atoms with Crippen LogP contribution in [0.2, 0.25) is 0 Å². The molecule has 4 rings (SSSR count). The molecule has 2 heterocycles. The van der Waals surface area contributed by atoms with E-state index in [0.717, 1.165) is 44.1 Å². The van der Waals surface area contributed by atoms with Gasteiger partial charge in [-0.3, -0.25) is 8.98 Å². The Hall–Kier alpha value is -2.52. The Kier molecular flexibility index (Phi) is 16.0. The summed E-state index contributed by atoms with van der Waals surface area (Å²) in [5, 5.41) is 0. The molecule has 0 radical (unpaired) electrons. The van der Waals surface area contributed by atoms with Gasteiger partial charge in [-0.05, 0) is 89.7 Å². The molecule has 7 atom stereocenters. The van der Waals surface area contributed by atoms with Crippen LogP contribution >= 0.6 is 0 Å². The third kappa shape index (κ3) is 12.3. The van der Waals surface area contributed by atoms with Gasteiger partial charge in [-0.25, -0.2) is 0 Å². The number of hydrogen-bond acceptors (Lipinski definition) is 9. The van der Waals surface area contributed by atoms with Crippen molar-refractivity contribution < 1.29 is 41.1 Å². The second kappa shape index (κ2) is 19.9. The first-order valence-corrected chi connectivity index (χ1v) is 19.8. The van der Waals surface area contributed by atoms with Gasteiger partial charge in [0.05, 0.1) is 30.3 Å². The largest absolute Gasteiger partial charge is 0.469 e. The molecular weight excluding hydrogens is 656 g/mol. The number of carbonyl (C=O) groups is 1. The van der Waals surface area contributed by atoms with Crippen molar-refractivity contribution in [3.63, 3.8) is 0 Å². The quantitative estimate of drug-likeness (QED) is 0.0525. The van der Waals surface area contributed by atoms with Crippen molar-refractivity contribution in [3.05, 3.63) is 54.1 Å². The second-order valence-corrected chi connectivity index (χ2v) is 15.9. The van der Waals surface area contributed by atoms with Crippen molar-refractivity contribution in [1.29, 1.82) is 0 Å². The number of aryl methyl sites for hydroxylation is 1. The maximum Gasteiger partial charge on any atom is 0.305 e. The molecule has 2 unspecified atom stereocenters. The van der Waals surface area contributed by atoms with Crippen LogP contribution in [0.25, 0.3) is 0 Å². The minimum atomic E-state index is -4.05. The normalized spacial score (nSPS) is 26.9. The van der Waals surface area contributed by atoms with E-state index in [1.807, 2.05) is 19.9 Å². The Balaban J connectivity index is 1.66. The zero-order valence-corrected chi connectivity index (χ0v) is 31.5. The van der Waals surface area contributed by atoms with Crippen molar-refractivity contribution in [3.8, 4) is 11.8 Å². The van der Waals surface area contributed by atoms with Crippen molar-refractivity contribution in [2.75, 3.05) is 20.3 Å². The van der Waals surface area contributed by atoms with E-state index in [-0.39, 0.29) is 52.9 Å². The first-order valence-electron chi connectivity index (χ1n) is 18.4. The molecule has 1 saturated carbocycles. The number of hydrogen-bond donors (Lipinski definition) is 0. The molecule has 9 nitrogen and oxygen atoms in total. The molecule has 1 aliphatic carbocycles. The number of allylic oxidation sites excluding steroid dienone is 2. The highest BCUT2D eigenvalue weighted by molar-refractivity contribution is 7.86. The molecule has 2 saturated heterocycles. The summed E-state index contributed by atoms with van der Waals surface area (Å²) in [5.41, 5.74) is 0.649. The number of rotatable bonds is 17. The fraction of sp³-hybridized carbons (Fsp3) is 0.675. The van der Waals surface area contributed by atoms with Crippen molar-refractivity contribution >= 4 is 16.1 Å². The van der Waals surface area contributed by atoms with Crippen molar-refractivity contribution in [2.45, 2.75) is 141 Å². The lowest BCUT2D eigenvalue weighted by molar-refractivity contribution is -0.197. The Morgan fingerprint density at radius 3 is 2.36 bits per heavy atom. The van der Waals surface area contributed by atoms with Crippen LogP contribution in [-0.2, 0) is 42.8 Å². The molecule has 0 N–H and O–H groups in total. The van der Waals surface area contributed by atoms with Crippen LogP contribution in [0.4, 0.5) is 0 Å². The van der Waals surface area contributed by atoms with Gasteiger partial charge >= 0.3 is 5.97 Å². The average molecular weight is 715 g/mol. The molecule has 2 aliphatic heterocycles. The molecule has 1 aromatic carbocycles. The van der Waals surface area contributed by atoms with E-state index in [2.05, 4.69) is 43.9 Å². The zero-order chi connectivity index (χ0) is 36.0. The lowest BCUT2D eigenvalue weighted by Gasteiger charge is -2.35. The maximum absolute atomic E-state index is 13.7. The van der Waals surface area contributed by atoms with Gasteiger partial charge in [0.2, 0.25) is 0 Å². The van der Waals surface area contributed by atoms with Gasteiger partial charge in [0.15, 0.2) is 12.6 Å². The first kappa shape index (κ1) is 40.3. The topological polar surface area (TPSA) is 107 Å². The molecule has 0 aromatic heterocycles. The summed E-state index contributed by atoms with van der Waals surface area (Å²) in [6.45, 7) is 9.39. The Morgan fingerprint density at radius 2 is 1.72 bits per heavy atom. The summed E-state index contributed by atoms with van der Waals surface area (Å²) in [6.07, 6.45) is 15.5. The third-order valence-corrected chi connectivity index (χ3v) is 11.2. The predicted molar refractivity (Wildman–Crippen MR) is 192 cm³/mol. The lowest BCUT2D eigenvalue weighted by Crippen LogP contribution is -2.36. The van der Waals surface area contributed by atoms with Crippen LogP contribution in [0, 0.1) is 36.0 Å². The smallest absolute Gasteiger partial charge is 0.305 e. The summed E-state index contributed by atoms with van der Waals surface area (Å²) in [6, 6.07) is 6.73. The van der Waals surface area contributed by atoms with Crippen LogP contribution in [-0.4, -0.2) is 65.6 Å². The van der Waals surface area contributed by atoms with Gasteiger partial charge < -0.3 is 23.7 Å². The molecule has 10 heteroatoms. The highest BCUT2D eigenvalue weighted by Crippen LogP contribution is 2.43. The van der Waals surface area contributed by atoms with Gasteiger partial charge in [0.25, 0.3) is 10.1 Å². The molecule has 278 valence electrons. The van der Waals surface area contributed by atoms with E-state index in [0.29, 0.717) is 51.7 Å². The highest BCUT2D eigenvalue weighted by atomic mass is 32.2. The minimum Gasteiger partial charge on any atom is -0.469 e. The summed E-state index contributed by atoms with van der Waals surface area (Å²) in [4.78, 5) is 11.7. The van der Waals surface area contributed by atoms with Gasteiger partial charge in [-0.15, -0.1) is 11.8 Å². The van der Waals surface area contributed by atoms with E-state index in [9.17, 15) is 13.2 Å². The van der Waals surface area contributed by atoms with Crippen LogP contribution in [0.5, 0.6) is 0 Å². The molecule has 0 bridgehead atoms. The van der Waals surface area contributed by atoms with Crippen molar-refractivity contribution in [1.82, 2.24) is 0 Å². The Morgan fingerprint density at radius 1 is 1.02 bits per heavy atom. The zero-order valence-electron chi connectivity index (χ0n) is 30.6. The third-order valence-electron chi connectivity index (χ3n) is 9.88. The number of unbranched alkanes of at least 4 members (excludes halogenated alkanes) is 1. The van der Waals surface area contributed by atoms with Crippen LogP contribution in [0.3, 0.4) is 0 Å². The van der Waals surface area contributed by atoms with E-state index in [4.69, 9.17) is 27.9 Å². The summed E-state index contributed by atoms with van der Waals surface area (Å²) >= 11 is 0. The number of esters is 1. The number of carbonyl (C=O) groups excluding carboxylic acids is 1. The molecule has 3 aliphatic rings. The summed E-state index contributed by atoms with van der Waals surface area (Å²) in [5.74, 6) is 5.63. The summed E-state index contributed by atoms with van der Waals surface area (Å²) in [7, 11) is -2.66. The lowest BCUT2D eigenvalue weighted by atomic mass is 9.81. The Labute approximate surface area is 300 Å². The van der Waals surface area contributed by atoms with Crippen LogP contribution < -0.4 is 0 Å². The maximum atomic E-state index is 13.7. The second-order valence-electron chi connectivity index (χ2n) is 14.4. The van der Waals surface area contributed by atoms with Crippen LogP contribution in [0.15, 0.2) is 53.5 Å². The van der Waals surface area contributed by atoms with Gasteiger partial charge in [0, 0.05) is 43.8 Å². The summed E-state index contributed by atoms with van der Waals surface area (Å²) < 4.78 is 63.5. The monoisotopic (exact) mass is 714 g/mol. The van der Waals surface area contributed by atoms with E-state index >= 15 is 0 Å². The van der Waals surface area contributed by atoms with Gasteiger partial charge in [-0.1, -0.05) is 55.8 Å². The SMILES string of the molecule is CC#CCC(C)(C)[C@@H](C=C[C@@H]1[C@@H](CC=CCCCC(=O)OC)[C@H](OS(=O)(=O)c2ccc(C)cc2)C[C@H]1OC1CCCCO1)OC1CCCCO1. The fourth-order valence-corrected chi connectivity index (χ4v) is 7.94. The Bertz CT molecular complexity index is 1410. The number of ether oxygens (including phenoxy) is 5. The van der Waals surface area contributed by atoms with Gasteiger partial charge in [0.1, 0.15) is 0 Å². The van der Waals surface area contributed by atoms with Crippen molar-refractivity contribution in [2.24, 2.45) is 17.3 Å². The molecule has 3 fully saturated rings. The first-order chi connectivity index (χ1) is 24.0. The molecule has 0 spiro atoms. The molecule has 50 heavy (non-hydrogen) atoms. The van der Waals surface area contributed by atoms with E-state index in [1.165, 1.54) is 7.11 Å². The fourth-order valence-electron chi connectivity index (χ4n) is 6.81. The van der Waals surface area contributed by atoms with Gasteiger partial charge in [-0.2, -0.15) is 8.42 Å².